The first-order valence-electron chi connectivity index (χ1n) is 9.69. The van der Waals surface area contributed by atoms with E-state index in [0.29, 0.717) is 12.6 Å². The SMILES string of the molecule is CC[C@@H]1CCCCN1C(=O)NCc1ccccc1CN1CC[C@H](O)C1. The third-order valence-electron chi connectivity index (χ3n) is 5.55. The summed E-state index contributed by atoms with van der Waals surface area (Å²) >= 11 is 0. The van der Waals surface area contributed by atoms with Crippen LogP contribution in [0, 0.1) is 0 Å². The van der Waals surface area contributed by atoms with Crippen LogP contribution in [-0.2, 0) is 13.1 Å². The lowest BCUT2D eigenvalue weighted by Gasteiger charge is -2.35. The number of hydrogen-bond acceptors (Lipinski definition) is 3. The fraction of sp³-hybridized carbons (Fsp3) is 0.650. The molecular weight excluding hydrogens is 314 g/mol. The number of aliphatic hydroxyl groups is 1. The third-order valence-corrected chi connectivity index (χ3v) is 5.55. The molecule has 138 valence electrons. The van der Waals surface area contributed by atoms with Crippen molar-refractivity contribution in [1.82, 2.24) is 15.1 Å². The zero-order valence-electron chi connectivity index (χ0n) is 15.3. The molecule has 2 N–H and O–H groups in total. The first-order chi connectivity index (χ1) is 12.2. The van der Waals surface area contributed by atoms with Crippen molar-refractivity contribution in [3.05, 3.63) is 35.4 Å². The average Bonchev–Trinajstić information content (AvgIpc) is 3.05. The Morgan fingerprint density at radius 3 is 2.72 bits per heavy atom. The summed E-state index contributed by atoms with van der Waals surface area (Å²) in [6.45, 7) is 6.12. The summed E-state index contributed by atoms with van der Waals surface area (Å²) in [7, 11) is 0. The lowest BCUT2D eigenvalue weighted by molar-refractivity contribution is 0.148. The van der Waals surface area contributed by atoms with E-state index in [1.165, 1.54) is 17.5 Å². The van der Waals surface area contributed by atoms with Crippen molar-refractivity contribution in [2.24, 2.45) is 0 Å². The zero-order valence-corrected chi connectivity index (χ0v) is 15.3. The van der Waals surface area contributed by atoms with Gasteiger partial charge in [-0.2, -0.15) is 0 Å². The largest absolute Gasteiger partial charge is 0.392 e. The molecule has 2 aliphatic heterocycles. The first-order valence-corrected chi connectivity index (χ1v) is 9.69. The summed E-state index contributed by atoms with van der Waals surface area (Å²) in [6.07, 6.45) is 5.15. The Labute approximate surface area is 151 Å². The Morgan fingerprint density at radius 1 is 1.20 bits per heavy atom. The lowest BCUT2D eigenvalue weighted by Crippen LogP contribution is -2.48. The second-order valence-corrected chi connectivity index (χ2v) is 7.36. The predicted octanol–water partition coefficient (Wildman–Crippen LogP) is 2.73. The van der Waals surface area contributed by atoms with Crippen LogP contribution in [0.15, 0.2) is 24.3 Å². The highest BCUT2D eigenvalue weighted by Gasteiger charge is 2.25. The monoisotopic (exact) mass is 345 g/mol. The van der Waals surface area contributed by atoms with Gasteiger partial charge in [-0.15, -0.1) is 0 Å². The predicted molar refractivity (Wildman–Crippen MR) is 99.2 cm³/mol. The normalized spacial score (nSPS) is 24.5. The molecule has 0 aliphatic carbocycles. The number of carbonyl (C=O) groups excluding carboxylic acids is 1. The van der Waals surface area contributed by atoms with Crippen molar-refractivity contribution < 1.29 is 9.90 Å². The van der Waals surface area contributed by atoms with Crippen molar-refractivity contribution in [2.45, 2.75) is 64.3 Å². The molecule has 1 aromatic carbocycles. The Hall–Kier alpha value is -1.59. The summed E-state index contributed by atoms with van der Waals surface area (Å²) in [5.74, 6) is 0. The van der Waals surface area contributed by atoms with Gasteiger partial charge in [0.05, 0.1) is 6.10 Å². The van der Waals surface area contributed by atoms with Crippen LogP contribution in [0.3, 0.4) is 0 Å². The number of aliphatic hydroxyl groups excluding tert-OH is 1. The van der Waals surface area contributed by atoms with Crippen LogP contribution in [0.25, 0.3) is 0 Å². The van der Waals surface area contributed by atoms with Crippen LogP contribution < -0.4 is 5.32 Å². The molecule has 0 saturated carbocycles. The molecule has 2 saturated heterocycles. The number of urea groups is 1. The van der Waals surface area contributed by atoms with E-state index in [2.05, 4.69) is 29.3 Å². The van der Waals surface area contributed by atoms with Gasteiger partial charge in [0.1, 0.15) is 0 Å². The smallest absolute Gasteiger partial charge is 0.317 e. The van der Waals surface area contributed by atoms with E-state index in [1.54, 1.807) is 0 Å². The van der Waals surface area contributed by atoms with Gasteiger partial charge in [-0.3, -0.25) is 4.90 Å². The number of β-amino-alcohol motifs (C(OH)–C–C–N with tert-alkyl or cyclic N) is 1. The molecular formula is C20H31N3O2. The second kappa shape index (κ2) is 8.68. The number of hydrogen-bond donors (Lipinski definition) is 2. The Balaban J connectivity index is 1.58. The molecule has 5 heteroatoms. The van der Waals surface area contributed by atoms with Crippen molar-refractivity contribution >= 4 is 6.03 Å². The maximum atomic E-state index is 12.6. The van der Waals surface area contributed by atoms with E-state index in [9.17, 15) is 9.90 Å². The van der Waals surface area contributed by atoms with E-state index in [0.717, 1.165) is 51.9 Å². The van der Waals surface area contributed by atoms with Gasteiger partial charge in [0.25, 0.3) is 0 Å². The van der Waals surface area contributed by atoms with Crippen LogP contribution in [-0.4, -0.2) is 52.7 Å². The molecule has 0 unspecified atom stereocenters. The fourth-order valence-electron chi connectivity index (χ4n) is 4.05. The van der Waals surface area contributed by atoms with E-state index < -0.39 is 0 Å². The number of piperidine rings is 1. The van der Waals surface area contributed by atoms with Gasteiger partial charge in [-0.25, -0.2) is 4.79 Å². The lowest BCUT2D eigenvalue weighted by atomic mass is 10.0. The van der Waals surface area contributed by atoms with Crippen LogP contribution in [0.4, 0.5) is 4.79 Å². The van der Waals surface area contributed by atoms with E-state index in [4.69, 9.17) is 0 Å². The summed E-state index contributed by atoms with van der Waals surface area (Å²) in [5, 5.41) is 12.8. The van der Waals surface area contributed by atoms with Crippen molar-refractivity contribution in [2.75, 3.05) is 19.6 Å². The number of rotatable bonds is 5. The molecule has 3 rings (SSSR count). The quantitative estimate of drug-likeness (QED) is 0.863. The number of amides is 2. The van der Waals surface area contributed by atoms with E-state index in [1.807, 2.05) is 17.0 Å². The molecule has 2 heterocycles. The van der Waals surface area contributed by atoms with Crippen LogP contribution in [0.1, 0.15) is 50.2 Å². The molecule has 2 amide bonds. The molecule has 5 nitrogen and oxygen atoms in total. The molecule has 2 fully saturated rings. The number of benzene rings is 1. The minimum Gasteiger partial charge on any atom is -0.392 e. The van der Waals surface area contributed by atoms with Gasteiger partial charge in [0, 0.05) is 38.8 Å². The number of nitrogens with zero attached hydrogens (tertiary/aromatic N) is 2. The minimum atomic E-state index is -0.197. The Kier molecular flexibility index (Phi) is 6.32. The summed E-state index contributed by atoms with van der Waals surface area (Å²) < 4.78 is 0. The van der Waals surface area contributed by atoms with E-state index >= 15 is 0 Å². The Morgan fingerprint density at radius 2 is 2.00 bits per heavy atom. The van der Waals surface area contributed by atoms with Crippen molar-refractivity contribution in [1.29, 1.82) is 0 Å². The molecule has 0 aromatic heterocycles. The molecule has 1 aromatic rings. The standard InChI is InChI=1S/C20H31N3O2/c1-2-18-9-5-6-11-23(18)20(25)21-13-16-7-3-4-8-17(16)14-22-12-10-19(24)15-22/h3-4,7-8,18-19,24H,2,5-6,9-15H2,1H3,(H,21,25)/t18-,19+/m1/s1. The first kappa shape index (κ1) is 18.2. The van der Waals surface area contributed by atoms with Crippen molar-refractivity contribution in [3.63, 3.8) is 0 Å². The molecule has 25 heavy (non-hydrogen) atoms. The minimum absolute atomic E-state index is 0.0675. The van der Waals surface area contributed by atoms with Gasteiger partial charge in [0.2, 0.25) is 0 Å². The summed E-state index contributed by atoms with van der Waals surface area (Å²) in [5.41, 5.74) is 2.41. The highest BCUT2D eigenvalue weighted by atomic mass is 16.3. The van der Waals surface area contributed by atoms with Gasteiger partial charge < -0.3 is 15.3 Å². The molecule has 0 bridgehead atoms. The van der Waals surface area contributed by atoms with Gasteiger partial charge >= 0.3 is 6.03 Å². The Bertz CT molecular complexity index is 578. The fourth-order valence-corrected chi connectivity index (χ4v) is 4.05. The second-order valence-electron chi connectivity index (χ2n) is 7.36. The van der Waals surface area contributed by atoms with Crippen LogP contribution in [0.5, 0.6) is 0 Å². The number of likely N-dealkylation sites (tertiary alicyclic amines) is 2. The topological polar surface area (TPSA) is 55.8 Å². The molecule has 0 radical (unpaired) electrons. The van der Waals surface area contributed by atoms with Crippen LogP contribution >= 0.6 is 0 Å². The van der Waals surface area contributed by atoms with Gasteiger partial charge in [0.15, 0.2) is 0 Å². The summed E-state index contributed by atoms with van der Waals surface area (Å²) in [6, 6.07) is 8.75. The highest BCUT2D eigenvalue weighted by Crippen LogP contribution is 2.20. The molecule has 2 aliphatic rings. The van der Waals surface area contributed by atoms with E-state index in [-0.39, 0.29) is 12.1 Å². The number of nitrogens with one attached hydrogen (secondary N) is 1. The van der Waals surface area contributed by atoms with Crippen molar-refractivity contribution in [3.8, 4) is 0 Å². The highest BCUT2D eigenvalue weighted by molar-refractivity contribution is 5.74. The van der Waals surface area contributed by atoms with Gasteiger partial charge in [-0.05, 0) is 43.2 Å². The maximum Gasteiger partial charge on any atom is 0.317 e. The summed E-state index contributed by atoms with van der Waals surface area (Å²) in [4.78, 5) is 16.9. The zero-order chi connectivity index (χ0) is 17.6. The maximum absolute atomic E-state index is 12.6. The third kappa shape index (κ3) is 4.73. The molecule has 2 atom stereocenters. The van der Waals surface area contributed by atoms with Gasteiger partial charge in [-0.1, -0.05) is 31.2 Å². The van der Waals surface area contributed by atoms with Crippen LogP contribution in [0.2, 0.25) is 0 Å². The molecule has 0 spiro atoms. The average molecular weight is 345 g/mol. The number of carbonyl (C=O) groups is 1.